The zero-order valence-electron chi connectivity index (χ0n) is 10.5. The zero-order chi connectivity index (χ0) is 15.5. The first-order chi connectivity index (χ1) is 9.85. The molecule has 1 heterocycles. The van der Waals surface area contributed by atoms with E-state index in [0.29, 0.717) is 10.2 Å². The highest BCUT2D eigenvalue weighted by Gasteiger charge is 2.31. The van der Waals surface area contributed by atoms with Crippen molar-refractivity contribution in [1.82, 2.24) is 10.3 Å². The van der Waals surface area contributed by atoms with Gasteiger partial charge in [0.1, 0.15) is 11.4 Å². The van der Waals surface area contributed by atoms with Gasteiger partial charge in [-0.2, -0.15) is 0 Å². The average Bonchev–Trinajstić information content (AvgIpc) is 2.82. The monoisotopic (exact) mass is 362 g/mol. The van der Waals surface area contributed by atoms with Crippen LogP contribution in [0.3, 0.4) is 0 Å². The molecule has 0 aliphatic carbocycles. The van der Waals surface area contributed by atoms with E-state index in [1.54, 1.807) is 18.3 Å². The quantitative estimate of drug-likeness (QED) is 0.872. The Kier molecular flexibility index (Phi) is 4.56. The minimum Gasteiger partial charge on any atom is -0.405 e. The van der Waals surface area contributed by atoms with E-state index < -0.39 is 12.3 Å². The Labute approximate surface area is 126 Å². The first-order valence-corrected chi connectivity index (χ1v) is 6.60. The number of ether oxygens (including phenoxy) is 1. The van der Waals surface area contributed by atoms with Crippen LogP contribution >= 0.6 is 15.9 Å². The normalized spacial score (nSPS) is 11.2. The average molecular weight is 363 g/mol. The molecule has 0 atom stereocenters. The SMILES string of the molecule is O=C(NCc1ccccc1OC(F)(F)F)c1cc(Br)c[nH]1. The lowest BCUT2D eigenvalue weighted by molar-refractivity contribution is -0.274. The summed E-state index contributed by atoms with van der Waals surface area (Å²) in [6, 6.07) is 7.20. The molecular weight excluding hydrogens is 353 g/mol. The van der Waals surface area contributed by atoms with Crippen LogP contribution in [0, 0.1) is 0 Å². The van der Waals surface area contributed by atoms with Gasteiger partial charge in [0.15, 0.2) is 0 Å². The number of H-pyrrole nitrogens is 1. The van der Waals surface area contributed by atoms with Crippen LogP contribution in [0.5, 0.6) is 5.75 Å². The molecule has 0 radical (unpaired) electrons. The molecule has 2 aromatic rings. The molecule has 0 spiro atoms. The smallest absolute Gasteiger partial charge is 0.405 e. The molecule has 1 aromatic heterocycles. The van der Waals surface area contributed by atoms with Gasteiger partial charge in [-0.25, -0.2) is 0 Å². The molecular formula is C13H10BrF3N2O2. The third-order valence-electron chi connectivity index (χ3n) is 2.53. The first kappa shape index (κ1) is 15.4. The third-order valence-corrected chi connectivity index (χ3v) is 2.99. The molecule has 0 unspecified atom stereocenters. The van der Waals surface area contributed by atoms with Gasteiger partial charge in [-0.15, -0.1) is 13.2 Å². The number of para-hydroxylation sites is 1. The molecule has 0 bridgehead atoms. The molecule has 0 aliphatic heterocycles. The lowest BCUT2D eigenvalue weighted by Crippen LogP contribution is -2.24. The van der Waals surface area contributed by atoms with Crippen molar-refractivity contribution in [2.24, 2.45) is 0 Å². The van der Waals surface area contributed by atoms with E-state index in [1.807, 2.05) is 0 Å². The Bertz CT molecular complexity index is 640. The van der Waals surface area contributed by atoms with Crippen LogP contribution in [0.2, 0.25) is 0 Å². The van der Waals surface area contributed by atoms with Gasteiger partial charge in [0.2, 0.25) is 0 Å². The third kappa shape index (κ3) is 4.52. The number of hydrogen-bond donors (Lipinski definition) is 2. The van der Waals surface area contributed by atoms with Crippen LogP contribution in [0.15, 0.2) is 41.0 Å². The van der Waals surface area contributed by atoms with Gasteiger partial charge >= 0.3 is 6.36 Å². The van der Waals surface area contributed by atoms with Crippen molar-refractivity contribution in [2.75, 3.05) is 0 Å². The van der Waals surface area contributed by atoms with E-state index in [9.17, 15) is 18.0 Å². The summed E-state index contributed by atoms with van der Waals surface area (Å²) >= 11 is 3.18. The van der Waals surface area contributed by atoms with Gasteiger partial charge < -0.3 is 15.0 Å². The Hall–Kier alpha value is -1.96. The van der Waals surface area contributed by atoms with Crippen molar-refractivity contribution in [2.45, 2.75) is 12.9 Å². The summed E-state index contributed by atoms with van der Waals surface area (Å²) in [6.07, 6.45) is -3.19. The number of aromatic amines is 1. The Morgan fingerprint density at radius 2 is 2.05 bits per heavy atom. The number of aromatic nitrogens is 1. The van der Waals surface area contributed by atoms with Crippen molar-refractivity contribution in [3.8, 4) is 5.75 Å². The van der Waals surface area contributed by atoms with E-state index in [2.05, 4.69) is 31.0 Å². The molecule has 4 nitrogen and oxygen atoms in total. The Morgan fingerprint density at radius 1 is 1.33 bits per heavy atom. The van der Waals surface area contributed by atoms with Gasteiger partial charge in [0.05, 0.1) is 0 Å². The second kappa shape index (κ2) is 6.21. The zero-order valence-corrected chi connectivity index (χ0v) is 12.1. The molecule has 8 heteroatoms. The number of hydrogen-bond acceptors (Lipinski definition) is 2. The molecule has 1 amide bonds. The summed E-state index contributed by atoms with van der Waals surface area (Å²) in [5.74, 6) is -0.763. The predicted octanol–water partition coefficient (Wildman–Crippen LogP) is 3.61. The van der Waals surface area contributed by atoms with Gasteiger partial charge in [-0.3, -0.25) is 4.79 Å². The minimum absolute atomic E-state index is 0.0816. The lowest BCUT2D eigenvalue weighted by atomic mass is 10.2. The molecule has 2 N–H and O–H groups in total. The molecule has 0 fully saturated rings. The summed E-state index contributed by atoms with van der Waals surface area (Å²) < 4.78 is 41.4. The maximum absolute atomic E-state index is 12.3. The molecule has 0 saturated heterocycles. The molecule has 2 rings (SSSR count). The summed E-state index contributed by atoms with van der Waals surface area (Å²) in [7, 11) is 0. The molecule has 0 aliphatic rings. The number of halogens is 4. The fourth-order valence-electron chi connectivity index (χ4n) is 1.64. The van der Waals surface area contributed by atoms with Gasteiger partial charge in [0, 0.05) is 22.8 Å². The van der Waals surface area contributed by atoms with Crippen LogP contribution in [-0.2, 0) is 6.54 Å². The predicted molar refractivity (Wildman–Crippen MR) is 72.8 cm³/mol. The second-order valence-electron chi connectivity index (χ2n) is 4.07. The van der Waals surface area contributed by atoms with E-state index in [0.717, 1.165) is 0 Å². The van der Waals surface area contributed by atoms with E-state index in [4.69, 9.17) is 0 Å². The van der Waals surface area contributed by atoms with Crippen molar-refractivity contribution in [3.63, 3.8) is 0 Å². The number of alkyl halides is 3. The highest BCUT2D eigenvalue weighted by molar-refractivity contribution is 9.10. The van der Waals surface area contributed by atoms with Crippen LogP contribution in [0.4, 0.5) is 13.2 Å². The standard InChI is InChI=1S/C13H10BrF3N2O2/c14-9-5-10(18-7-9)12(20)19-6-8-3-1-2-4-11(8)21-13(15,16)17/h1-5,7,18H,6H2,(H,19,20). The van der Waals surface area contributed by atoms with Gasteiger partial charge in [0.25, 0.3) is 5.91 Å². The highest BCUT2D eigenvalue weighted by atomic mass is 79.9. The summed E-state index contributed by atoms with van der Waals surface area (Å²) in [6.45, 7) is -0.0816. The topological polar surface area (TPSA) is 54.1 Å². The van der Waals surface area contributed by atoms with Crippen molar-refractivity contribution in [3.05, 3.63) is 52.3 Å². The van der Waals surface area contributed by atoms with Crippen molar-refractivity contribution < 1.29 is 22.7 Å². The van der Waals surface area contributed by atoms with E-state index in [1.165, 1.54) is 18.2 Å². The number of carbonyl (C=O) groups excluding carboxylic acids is 1. The maximum Gasteiger partial charge on any atom is 0.573 e. The van der Waals surface area contributed by atoms with Crippen LogP contribution < -0.4 is 10.1 Å². The highest BCUT2D eigenvalue weighted by Crippen LogP contribution is 2.26. The van der Waals surface area contributed by atoms with Crippen LogP contribution in [0.1, 0.15) is 16.1 Å². The van der Waals surface area contributed by atoms with Gasteiger partial charge in [-0.1, -0.05) is 18.2 Å². The summed E-state index contributed by atoms with van der Waals surface area (Å²) in [5, 5.41) is 2.52. The molecule has 112 valence electrons. The lowest BCUT2D eigenvalue weighted by Gasteiger charge is -2.13. The Balaban J connectivity index is 2.05. The fraction of sp³-hybridized carbons (Fsp3) is 0.154. The largest absolute Gasteiger partial charge is 0.573 e. The van der Waals surface area contributed by atoms with Crippen LogP contribution in [0.25, 0.3) is 0 Å². The fourth-order valence-corrected chi connectivity index (χ4v) is 1.99. The summed E-state index contributed by atoms with van der Waals surface area (Å²) in [4.78, 5) is 14.5. The maximum atomic E-state index is 12.3. The molecule has 21 heavy (non-hydrogen) atoms. The number of nitrogens with one attached hydrogen (secondary N) is 2. The van der Waals surface area contributed by atoms with Crippen LogP contribution in [-0.4, -0.2) is 17.3 Å². The Morgan fingerprint density at radius 3 is 2.67 bits per heavy atom. The number of carbonyl (C=O) groups is 1. The van der Waals surface area contributed by atoms with Gasteiger partial charge in [-0.05, 0) is 28.1 Å². The summed E-state index contributed by atoms with van der Waals surface area (Å²) in [5.41, 5.74) is 0.532. The minimum atomic E-state index is -4.77. The first-order valence-electron chi connectivity index (χ1n) is 5.81. The number of amides is 1. The second-order valence-corrected chi connectivity index (χ2v) is 4.99. The number of benzene rings is 1. The van der Waals surface area contributed by atoms with E-state index >= 15 is 0 Å². The van der Waals surface area contributed by atoms with Crippen molar-refractivity contribution in [1.29, 1.82) is 0 Å². The molecule has 1 aromatic carbocycles. The molecule has 0 saturated carbocycles. The van der Waals surface area contributed by atoms with Crippen molar-refractivity contribution >= 4 is 21.8 Å². The number of rotatable bonds is 4. The van der Waals surface area contributed by atoms with E-state index in [-0.39, 0.29) is 17.9 Å².